The molecule has 11 aliphatic rings. The molecular weight excluding hydrogens is 1290 g/mol. The molecule has 11 rings (SSSR count). The highest BCUT2D eigenvalue weighted by Gasteiger charge is 2.72. The Morgan fingerprint density at radius 1 is 0.479 bits per heavy atom. The highest BCUT2D eigenvalue weighted by molar-refractivity contribution is 5.80. The molecule has 6 aliphatic heterocycles. The second kappa shape index (κ2) is 28.5. The van der Waals surface area contributed by atoms with E-state index in [9.17, 15) is 91.9 Å². The predicted molar refractivity (Wildman–Crippen MR) is 310 cm³/mol. The number of aliphatic hydroxyl groups excluding tert-OH is 18. The van der Waals surface area contributed by atoms with Gasteiger partial charge in [-0.3, -0.25) is 4.79 Å². The van der Waals surface area contributed by atoms with E-state index < -0.39 is 245 Å². The average molecular weight is 1390 g/mol. The first-order valence-corrected chi connectivity index (χ1v) is 33.2. The van der Waals surface area contributed by atoms with Gasteiger partial charge in [0.15, 0.2) is 37.2 Å². The zero-order valence-electron chi connectivity index (χ0n) is 54.5. The normalized spacial score (nSPS) is 53.4. The van der Waals surface area contributed by atoms with Crippen LogP contribution in [0.5, 0.6) is 0 Å². The van der Waals surface area contributed by atoms with Crippen LogP contribution in [0.25, 0.3) is 0 Å². The lowest BCUT2D eigenvalue weighted by molar-refractivity contribution is -0.492. The highest BCUT2D eigenvalue weighted by atomic mass is 17.2. The first-order chi connectivity index (χ1) is 45.1. The van der Waals surface area contributed by atoms with Crippen LogP contribution >= 0.6 is 0 Å². The van der Waals surface area contributed by atoms with E-state index in [1.54, 1.807) is 0 Å². The Kier molecular flexibility index (Phi) is 22.3. The summed E-state index contributed by atoms with van der Waals surface area (Å²) in [4.78, 5) is 46.2. The summed E-state index contributed by atoms with van der Waals surface area (Å²) in [7, 11) is 0. The maximum absolute atomic E-state index is 15.2. The van der Waals surface area contributed by atoms with E-state index in [4.69, 9.17) is 72.0 Å². The van der Waals surface area contributed by atoms with Crippen molar-refractivity contribution in [2.75, 3.05) is 33.0 Å². The SMILES string of the molecule is CC1(C)CC[C@]2(C(=O)O[C@@H]3O[C@H](O)[C@@H](OO[C@@H]4OC[C@@H](O)[C@@H](OO[C@H]5O[C@@H](CO)[C@H](O)[C@@H](O)[C@@H]5O)[C@@H]4O)[C@H](O)[C@@H]3O)[C@H](O)C[C@]3(C)C(=CC[C@@H]4[C@@]5(C)CC[C@H](O[C@H]6O[C@@H](CO)[C@H](O)[C@@H](O[C@@H]7OC[C@@H](O)[C@@H](OO[C@H]8OC[C@H](O)[C@@H](O)[C@@H]8O)[C@@H]7O)[C@@H]6O)C(C)(C)[C@@H]5CC[C@]43C)[C@H]2C1. The average Bonchev–Trinajstić information content (AvgIpc) is 0.672. The third-order valence-corrected chi connectivity index (χ3v) is 24.1. The van der Waals surface area contributed by atoms with Crippen molar-refractivity contribution in [1.82, 2.24) is 0 Å². The molecule has 36 atom stereocenters. The van der Waals surface area contributed by atoms with Crippen LogP contribution in [0.15, 0.2) is 11.6 Å². The quantitative estimate of drug-likeness (QED) is 0.0212. The van der Waals surface area contributed by atoms with Crippen LogP contribution in [-0.2, 0) is 76.8 Å². The van der Waals surface area contributed by atoms with E-state index in [1.165, 1.54) is 0 Å². The van der Waals surface area contributed by atoms with Crippen molar-refractivity contribution in [1.29, 1.82) is 0 Å². The zero-order valence-corrected chi connectivity index (χ0v) is 54.5. The smallest absolute Gasteiger partial charge is 0.317 e. The molecule has 4 saturated carbocycles. The lowest BCUT2D eigenvalue weighted by Crippen LogP contribution is -2.68. The minimum atomic E-state index is -2.18. The molecular formula is C62H100O34. The van der Waals surface area contributed by atoms with Crippen molar-refractivity contribution < 1.29 is 169 Å². The van der Waals surface area contributed by atoms with Gasteiger partial charge in [-0.15, -0.1) is 0 Å². The third-order valence-electron chi connectivity index (χ3n) is 24.1. The molecule has 0 bridgehead atoms. The summed E-state index contributed by atoms with van der Waals surface area (Å²) in [5.41, 5.74) is -2.99. The minimum absolute atomic E-state index is 0.00157. The molecule has 0 aromatic heterocycles. The summed E-state index contributed by atoms with van der Waals surface area (Å²) in [6, 6.07) is 0. The number of carbonyl (C=O) groups is 1. The fourth-order valence-electron chi connectivity index (χ4n) is 18.2. The topological polar surface area (TPSA) is 520 Å². The van der Waals surface area contributed by atoms with Crippen molar-refractivity contribution >= 4 is 5.97 Å². The van der Waals surface area contributed by atoms with Crippen molar-refractivity contribution in [3.8, 4) is 0 Å². The van der Waals surface area contributed by atoms with Gasteiger partial charge in [0.05, 0.1) is 45.2 Å². The second-order valence-corrected chi connectivity index (χ2v) is 30.5. The Labute approximate surface area is 552 Å². The van der Waals surface area contributed by atoms with Gasteiger partial charge in [0.25, 0.3) is 0 Å². The van der Waals surface area contributed by atoms with Crippen molar-refractivity contribution in [2.24, 2.45) is 50.2 Å². The number of carbonyl (C=O) groups excluding carboxylic acids is 1. The maximum Gasteiger partial charge on any atom is 0.317 e. The molecule has 0 aromatic rings. The number of ether oxygens (including phenoxy) is 9. The van der Waals surface area contributed by atoms with Crippen LogP contribution in [0.2, 0.25) is 0 Å². The largest absolute Gasteiger partial charge is 0.432 e. The van der Waals surface area contributed by atoms with Gasteiger partial charge in [-0.25, -0.2) is 29.3 Å². The third kappa shape index (κ3) is 13.1. The Balaban J connectivity index is 0.739. The van der Waals surface area contributed by atoms with Crippen molar-refractivity contribution in [2.45, 2.75) is 285 Å². The Morgan fingerprint density at radius 3 is 1.67 bits per heavy atom. The fraction of sp³-hybridized carbons (Fsp3) is 0.952. The van der Waals surface area contributed by atoms with Crippen LogP contribution in [0.1, 0.15) is 106 Å². The Bertz CT molecular complexity index is 2680. The van der Waals surface area contributed by atoms with Gasteiger partial charge in [-0.1, -0.05) is 60.1 Å². The van der Waals surface area contributed by atoms with Gasteiger partial charge < -0.3 is 135 Å². The first kappa shape index (κ1) is 75.1. The zero-order chi connectivity index (χ0) is 69.8. The standard InChI is InChI=1S/C62H100O34/c1-57(2)14-15-62(56(81)90-53-41(76)38(73)48(49(80)89-53)93-95-52-43(78)46(27(67)22-84-52)92-96-55-40(75)37(72)35(70)28(18-63)86-55)24(16-57)23-8-9-31-59(5)12-11-33(58(3,4)30(59)10-13-60(31,6)61(23,7)17-32(62)68)87-54-44(79)47(36(71)29(19-64)85-54)88-50-42(77)45(26(66)21-82-50)91-94-51-39(74)34(69)25(65)20-83-51/h8,24-55,63-80H,9-22H2,1-7H3/t24-,25+,26-,27-,28+,29+,30+,31-,32-,33+,34-,35+,36+,37-,38-,39+,40+,41+,42+,43+,44+,45-,46-,47-,48+,49+,50+,51-,52+,53+,54-,55-,59+,60-,61-,62-/m1/s1. The number of aliphatic hydroxyl groups is 18. The summed E-state index contributed by atoms with van der Waals surface area (Å²) in [5.74, 6) is -1.46. The van der Waals surface area contributed by atoms with Crippen LogP contribution in [0.3, 0.4) is 0 Å². The Morgan fingerprint density at radius 2 is 1.02 bits per heavy atom. The molecule has 0 unspecified atom stereocenters. The van der Waals surface area contributed by atoms with Gasteiger partial charge in [0.1, 0.15) is 109 Å². The predicted octanol–water partition coefficient (Wildman–Crippen LogP) is -5.75. The molecule has 34 nitrogen and oxygen atoms in total. The molecule has 34 heteroatoms. The number of esters is 1. The molecule has 0 aromatic carbocycles. The van der Waals surface area contributed by atoms with E-state index in [-0.39, 0.29) is 35.5 Å². The van der Waals surface area contributed by atoms with Crippen molar-refractivity contribution in [3.63, 3.8) is 0 Å². The van der Waals surface area contributed by atoms with Crippen LogP contribution in [0, 0.1) is 50.2 Å². The second-order valence-electron chi connectivity index (χ2n) is 30.5. The van der Waals surface area contributed by atoms with E-state index in [0.717, 1.165) is 5.57 Å². The number of allylic oxidation sites excluding steroid dienone is 2. The molecule has 96 heavy (non-hydrogen) atoms. The number of hydrogen-bond acceptors (Lipinski definition) is 34. The summed E-state index contributed by atoms with van der Waals surface area (Å²) in [5, 5.41) is 195. The van der Waals surface area contributed by atoms with E-state index in [1.807, 2.05) is 0 Å². The molecule has 0 spiro atoms. The minimum Gasteiger partial charge on any atom is -0.432 e. The van der Waals surface area contributed by atoms with Gasteiger partial charge in [0, 0.05) is 0 Å². The van der Waals surface area contributed by atoms with Gasteiger partial charge in [0.2, 0.25) is 25.2 Å². The number of fused-ring (bicyclic) bond motifs is 7. The molecule has 0 radical (unpaired) electrons. The first-order valence-electron chi connectivity index (χ1n) is 33.2. The number of hydrogen-bond donors (Lipinski definition) is 18. The molecule has 0 amide bonds. The van der Waals surface area contributed by atoms with Crippen LogP contribution in [0.4, 0.5) is 0 Å². The summed E-state index contributed by atoms with van der Waals surface area (Å²) >= 11 is 0. The molecule has 6 saturated heterocycles. The van der Waals surface area contributed by atoms with Crippen molar-refractivity contribution in [3.05, 3.63) is 11.6 Å². The van der Waals surface area contributed by atoms with Crippen LogP contribution in [-0.4, -0.2) is 309 Å². The molecule has 5 aliphatic carbocycles. The Hall–Kier alpha value is -2.07. The summed E-state index contributed by atoms with van der Waals surface area (Å²) in [6.07, 6.45) is -42.4. The fourth-order valence-corrected chi connectivity index (χ4v) is 18.2. The van der Waals surface area contributed by atoms with E-state index in [0.29, 0.717) is 44.9 Å². The van der Waals surface area contributed by atoms with E-state index in [2.05, 4.69) is 54.5 Å². The van der Waals surface area contributed by atoms with Crippen LogP contribution < -0.4 is 0 Å². The summed E-state index contributed by atoms with van der Waals surface area (Å²) in [6.45, 7) is 12.1. The number of rotatable bonds is 17. The molecule has 18 N–H and O–H groups in total. The summed E-state index contributed by atoms with van der Waals surface area (Å²) < 4.78 is 51.7. The lowest BCUT2D eigenvalue weighted by atomic mass is 9.33. The molecule has 10 fully saturated rings. The highest BCUT2D eigenvalue weighted by Crippen LogP contribution is 2.76. The lowest BCUT2D eigenvalue weighted by Gasteiger charge is -2.71. The van der Waals surface area contributed by atoms with Gasteiger partial charge >= 0.3 is 5.97 Å². The van der Waals surface area contributed by atoms with Gasteiger partial charge in [-0.05, 0) is 103 Å². The molecule has 552 valence electrons. The van der Waals surface area contributed by atoms with E-state index >= 15 is 4.79 Å². The monoisotopic (exact) mass is 1390 g/mol. The van der Waals surface area contributed by atoms with Gasteiger partial charge in [-0.2, -0.15) is 0 Å². The molecule has 6 heterocycles. The maximum atomic E-state index is 15.2.